The van der Waals surface area contributed by atoms with E-state index in [0.29, 0.717) is 12.0 Å². The first kappa shape index (κ1) is 18.1. The molecule has 2 rings (SSSR count). The van der Waals surface area contributed by atoms with Crippen molar-refractivity contribution in [2.24, 2.45) is 0 Å². The molecule has 0 unspecified atom stereocenters. The molecular weight excluding hydrogens is 324 g/mol. The van der Waals surface area contributed by atoms with Gasteiger partial charge in [-0.25, -0.2) is 0 Å². The predicted molar refractivity (Wildman–Crippen MR) is 95.6 cm³/mol. The lowest BCUT2D eigenvalue weighted by Crippen LogP contribution is -2.10. The zero-order chi connectivity index (χ0) is 17.4. The summed E-state index contributed by atoms with van der Waals surface area (Å²) in [4.78, 5) is 24.0. The van der Waals surface area contributed by atoms with Gasteiger partial charge in [-0.15, -0.1) is 11.8 Å². The van der Waals surface area contributed by atoms with Gasteiger partial charge >= 0.3 is 5.97 Å². The highest BCUT2D eigenvalue weighted by atomic mass is 32.2. The molecule has 0 amide bonds. The molecule has 0 bridgehead atoms. The van der Waals surface area contributed by atoms with Crippen LogP contribution in [0.1, 0.15) is 27.6 Å². The first-order chi connectivity index (χ1) is 11.6. The molecule has 0 saturated carbocycles. The van der Waals surface area contributed by atoms with Gasteiger partial charge in [0, 0.05) is 17.2 Å². The lowest BCUT2D eigenvalue weighted by molar-refractivity contribution is -0.137. The number of hydrogen-bond acceptors (Lipinski definition) is 5. The first-order valence-corrected chi connectivity index (χ1v) is 8.59. The van der Waals surface area contributed by atoms with Crippen LogP contribution in [0, 0.1) is 0 Å². The summed E-state index contributed by atoms with van der Waals surface area (Å²) in [7, 11) is 2.96. The largest absolute Gasteiger partial charge is 0.497 e. The normalized spacial score (nSPS) is 11.6. The Labute approximate surface area is 146 Å². The molecule has 2 aromatic rings. The summed E-state index contributed by atoms with van der Waals surface area (Å²) in [6.45, 7) is 0. The average molecular weight is 344 g/mol. The number of carbonyl (C=O) groups is 2. The van der Waals surface area contributed by atoms with E-state index in [1.54, 1.807) is 19.2 Å². The molecule has 5 heteroatoms. The third-order valence-electron chi connectivity index (χ3n) is 3.56. The highest BCUT2D eigenvalue weighted by Gasteiger charge is 2.20. The van der Waals surface area contributed by atoms with Gasteiger partial charge in [-0.3, -0.25) is 9.59 Å². The van der Waals surface area contributed by atoms with Crippen LogP contribution < -0.4 is 4.74 Å². The zero-order valence-electron chi connectivity index (χ0n) is 13.7. The van der Waals surface area contributed by atoms with Crippen LogP contribution in [0.3, 0.4) is 0 Å². The Morgan fingerprint density at radius 2 is 1.79 bits per heavy atom. The fourth-order valence-electron chi connectivity index (χ4n) is 2.25. The lowest BCUT2D eigenvalue weighted by atomic mass is 10.0. The van der Waals surface area contributed by atoms with Gasteiger partial charge in [0.25, 0.3) is 0 Å². The van der Waals surface area contributed by atoms with E-state index in [4.69, 9.17) is 9.47 Å². The van der Waals surface area contributed by atoms with E-state index in [1.807, 2.05) is 42.5 Å². The number of thioether (sulfide) groups is 1. The van der Waals surface area contributed by atoms with E-state index in [1.165, 1.54) is 18.9 Å². The maximum absolute atomic E-state index is 12.5. The summed E-state index contributed by atoms with van der Waals surface area (Å²) in [6.07, 6.45) is 0.304. The molecule has 0 aromatic heterocycles. The third kappa shape index (κ3) is 5.13. The number of ketones is 1. The lowest BCUT2D eigenvalue weighted by Gasteiger charge is -2.17. The molecule has 0 fully saturated rings. The highest BCUT2D eigenvalue weighted by molar-refractivity contribution is 8.00. The minimum absolute atomic E-state index is 0.0424. The van der Waals surface area contributed by atoms with Gasteiger partial charge < -0.3 is 9.47 Å². The summed E-state index contributed by atoms with van der Waals surface area (Å²) < 4.78 is 9.96. The maximum atomic E-state index is 12.5. The van der Waals surface area contributed by atoms with Crippen LogP contribution in [-0.4, -0.2) is 31.7 Å². The molecular formula is C19H20O4S. The standard InChI is InChI=1S/C19H20O4S/c1-22-16-10-6-9-15(11-16)18(24-13-19(21)23-2)12-17(20)14-7-4-3-5-8-14/h3-11,18H,12-13H2,1-2H3/t18-/m1/s1. The fourth-order valence-corrected chi connectivity index (χ4v) is 3.32. The van der Waals surface area contributed by atoms with Crippen molar-refractivity contribution in [3.05, 3.63) is 65.7 Å². The van der Waals surface area contributed by atoms with E-state index in [9.17, 15) is 9.59 Å². The second kappa shape index (κ2) is 9.13. The SMILES string of the molecule is COC(=O)CS[C@H](CC(=O)c1ccccc1)c1cccc(OC)c1. The van der Waals surface area contributed by atoms with E-state index in [2.05, 4.69) is 0 Å². The molecule has 0 N–H and O–H groups in total. The summed E-state index contributed by atoms with van der Waals surface area (Å²) >= 11 is 1.40. The van der Waals surface area contributed by atoms with E-state index >= 15 is 0 Å². The molecule has 24 heavy (non-hydrogen) atoms. The number of hydrogen-bond donors (Lipinski definition) is 0. The Bertz CT molecular complexity index is 685. The van der Waals surface area contributed by atoms with Crippen molar-refractivity contribution in [3.63, 3.8) is 0 Å². The minimum atomic E-state index is -0.306. The van der Waals surface area contributed by atoms with Crippen molar-refractivity contribution in [1.82, 2.24) is 0 Å². The molecule has 4 nitrogen and oxygen atoms in total. The maximum Gasteiger partial charge on any atom is 0.315 e. The van der Waals surface area contributed by atoms with Crippen molar-refractivity contribution in [1.29, 1.82) is 0 Å². The van der Waals surface area contributed by atoms with Crippen LogP contribution in [0.2, 0.25) is 0 Å². The molecule has 0 saturated heterocycles. The number of rotatable bonds is 8. The molecule has 0 aliphatic rings. The summed E-state index contributed by atoms with van der Waals surface area (Å²) in [5.41, 5.74) is 1.62. The van der Waals surface area contributed by atoms with E-state index in [-0.39, 0.29) is 22.8 Å². The third-order valence-corrected chi connectivity index (χ3v) is 4.81. The van der Waals surface area contributed by atoms with E-state index in [0.717, 1.165) is 11.3 Å². The van der Waals surface area contributed by atoms with Crippen LogP contribution in [0.4, 0.5) is 0 Å². The second-order valence-corrected chi connectivity index (χ2v) is 6.34. The van der Waals surface area contributed by atoms with E-state index < -0.39 is 0 Å². The number of ether oxygens (including phenoxy) is 2. The zero-order valence-corrected chi connectivity index (χ0v) is 14.5. The van der Waals surface area contributed by atoms with Crippen LogP contribution in [0.25, 0.3) is 0 Å². The minimum Gasteiger partial charge on any atom is -0.497 e. The van der Waals surface area contributed by atoms with Gasteiger partial charge in [-0.1, -0.05) is 42.5 Å². The van der Waals surface area contributed by atoms with Crippen molar-refractivity contribution >= 4 is 23.5 Å². The summed E-state index contributed by atoms with van der Waals surface area (Å²) in [5, 5.41) is -0.146. The molecule has 0 heterocycles. The number of esters is 1. The van der Waals surface area contributed by atoms with Gasteiger partial charge in [-0.05, 0) is 17.7 Å². The molecule has 0 aliphatic heterocycles. The highest BCUT2D eigenvalue weighted by Crippen LogP contribution is 2.35. The molecule has 0 aliphatic carbocycles. The van der Waals surface area contributed by atoms with Gasteiger partial charge in [0.15, 0.2) is 5.78 Å². The van der Waals surface area contributed by atoms with Gasteiger partial charge in [0.1, 0.15) is 5.75 Å². The number of benzene rings is 2. The van der Waals surface area contributed by atoms with Crippen molar-refractivity contribution in [2.45, 2.75) is 11.7 Å². The second-order valence-electron chi connectivity index (χ2n) is 5.15. The molecule has 1 atom stereocenters. The van der Waals surface area contributed by atoms with Gasteiger partial charge in [-0.2, -0.15) is 0 Å². The van der Waals surface area contributed by atoms with Crippen LogP contribution in [-0.2, 0) is 9.53 Å². The molecule has 0 spiro atoms. The summed E-state index contributed by atoms with van der Waals surface area (Å²) in [5.74, 6) is 0.657. The van der Waals surface area contributed by atoms with Crippen LogP contribution in [0.15, 0.2) is 54.6 Å². The smallest absolute Gasteiger partial charge is 0.315 e. The van der Waals surface area contributed by atoms with Crippen molar-refractivity contribution in [2.75, 3.05) is 20.0 Å². The average Bonchev–Trinajstić information content (AvgIpc) is 2.65. The Kier molecular flexibility index (Phi) is 6.88. The van der Waals surface area contributed by atoms with Crippen LogP contribution >= 0.6 is 11.8 Å². The number of methoxy groups -OCH3 is 2. The summed E-state index contributed by atoms with van der Waals surface area (Å²) in [6, 6.07) is 16.7. The van der Waals surface area contributed by atoms with Crippen molar-refractivity contribution < 1.29 is 19.1 Å². The Hall–Kier alpha value is -2.27. The van der Waals surface area contributed by atoms with Gasteiger partial charge in [0.2, 0.25) is 0 Å². The molecule has 2 aromatic carbocycles. The monoisotopic (exact) mass is 344 g/mol. The Morgan fingerprint density at radius 1 is 1.04 bits per heavy atom. The first-order valence-electron chi connectivity index (χ1n) is 7.54. The number of carbonyl (C=O) groups excluding carboxylic acids is 2. The topological polar surface area (TPSA) is 52.6 Å². The Morgan fingerprint density at radius 3 is 2.46 bits per heavy atom. The fraction of sp³-hybridized carbons (Fsp3) is 0.263. The predicted octanol–water partition coefficient (Wildman–Crippen LogP) is 3.92. The molecule has 126 valence electrons. The quantitative estimate of drug-likeness (QED) is 0.537. The van der Waals surface area contributed by atoms with Crippen LogP contribution in [0.5, 0.6) is 5.75 Å². The molecule has 0 radical (unpaired) electrons. The van der Waals surface area contributed by atoms with Crippen molar-refractivity contribution in [3.8, 4) is 5.75 Å². The Balaban J connectivity index is 2.18. The number of Topliss-reactive ketones (excluding diaryl/α,β-unsaturated/α-hetero) is 1. The van der Waals surface area contributed by atoms with Gasteiger partial charge in [0.05, 0.1) is 20.0 Å².